The SMILES string of the molecule is CCNc1cc(Oc2ccc(OCC)cc2)nc(CC)n1. The second-order valence-corrected chi connectivity index (χ2v) is 4.40. The monoisotopic (exact) mass is 287 g/mol. The van der Waals surface area contributed by atoms with Gasteiger partial charge in [0.25, 0.3) is 0 Å². The molecule has 1 heterocycles. The second-order valence-electron chi connectivity index (χ2n) is 4.40. The maximum absolute atomic E-state index is 5.79. The van der Waals surface area contributed by atoms with Gasteiger partial charge in [0.15, 0.2) is 0 Å². The third-order valence-corrected chi connectivity index (χ3v) is 2.78. The lowest BCUT2D eigenvalue weighted by Gasteiger charge is -2.10. The summed E-state index contributed by atoms with van der Waals surface area (Å²) in [5, 5.41) is 3.18. The van der Waals surface area contributed by atoms with Crippen LogP contribution in [0.5, 0.6) is 17.4 Å². The summed E-state index contributed by atoms with van der Waals surface area (Å²) in [5.41, 5.74) is 0. The Morgan fingerprint density at radius 3 is 2.33 bits per heavy atom. The number of benzene rings is 1. The number of rotatable bonds is 7. The molecule has 2 aromatic rings. The first kappa shape index (κ1) is 15.1. The zero-order valence-electron chi connectivity index (χ0n) is 12.7. The number of nitrogens with one attached hydrogen (secondary N) is 1. The van der Waals surface area contributed by atoms with Crippen molar-refractivity contribution in [3.05, 3.63) is 36.2 Å². The Labute approximate surface area is 125 Å². The third kappa shape index (κ3) is 4.34. The van der Waals surface area contributed by atoms with Crippen LogP contribution in [0.15, 0.2) is 30.3 Å². The molecule has 1 N–H and O–H groups in total. The molecule has 0 bridgehead atoms. The summed E-state index contributed by atoms with van der Waals surface area (Å²) in [5.74, 6) is 3.64. The Kier molecular flexibility index (Phi) is 5.37. The van der Waals surface area contributed by atoms with Crippen LogP contribution in [-0.2, 0) is 6.42 Å². The topological polar surface area (TPSA) is 56.3 Å². The van der Waals surface area contributed by atoms with Gasteiger partial charge in [0, 0.05) is 19.0 Å². The van der Waals surface area contributed by atoms with E-state index in [0.29, 0.717) is 12.5 Å². The van der Waals surface area contributed by atoms with Crippen LogP contribution in [0.4, 0.5) is 5.82 Å². The first-order valence-corrected chi connectivity index (χ1v) is 7.27. The van der Waals surface area contributed by atoms with E-state index in [1.807, 2.05) is 45.0 Å². The van der Waals surface area contributed by atoms with Gasteiger partial charge in [-0.15, -0.1) is 0 Å². The number of nitrogens with zero attached hydrogens (tertiary/aromatic N) is 2. The smallest absolute Gasteiger partial charge is 0.224 e. The van der Waals surface area contributed by atoms with Crippen LogP contribution in [0.2, 0.25) is 0 Å². The molecule has 0 aliphatic heterocycles. The Bertz CT molecular complexity index is 570. The Morgan fingerprint density at radius 2 is 1.71 bits per heavy atom. The molecule has 0 unspecified atom stereocenters. The molecule has 1 aromatic heterocycles. The van der Waals surface area contributed by atoms with Gasteiger partial charge in [0.2, 0.25) is 5.88 Å². The van der Waals surface area contributed by atoms with E-state index in [9.17, 15) is 0 Å². The molecule has 0 atom stereocenters. The van der Waals surface area contributed by atoms with E-state index in [1.54, 1.807) is 6.07 Å². The molecule has 0 fully saturated rings. The maximum atomic E-state index is 5.79. The maximum Gasteiger partial charge on any atom is 0.224 e. The molecular weight excluding hydrogens is 266 g/mol. The molecule has 112 valence electrons. The van der Waals surface area contributed by atoms with Crippen molar-refractivity contribution < 1.29 is 9.47 Å². The van der Waals surface area contributed by atoms with Crippen molar-refractivity contribution >= 4 is 5.82 Å². The van der Waals surface area contributed by atoms with Crippen LogP contribution in [0.25, 0.3) is 0 Å². The molecular formula is C16H21N3O2. The summed E-state index contributed by atoms with van der Waals surface area (Å²) < 4.78 is 11.2. The molecule has 5 heteroatoms. The largest absolute Gasteiger partial charge is 0.494 e. The van der Waals surface area contributed by atoms with E-state index >= 15 is 0 Å². The highest BCUT2D eigenvalue weighted by atomic mass is 16.5. The standard InChI is InChI=1S/C16H21N3O2/c1-4-14-18-15(17-5-2)11-16(19-14)21-13-9-7-12(8-10-13)20-6-3/h7-11H,4-6H2,1-3H3,(H,17,18,19). The van der Waals surface area contributed by atoms with E-state index in [2.05, 4.69) is 15.3 Å². The van der Waals surface area contributed by atoms with Gasteiger partial charge >= 0.3 is 0 Å². The second kappa shape index (κ2) is 7.47. The van der Waals surface area contributed by atoms with Crippen molar-refractivity contribution in [2.75, 3.05) is 18.5 Å². The number of anilines is 1. The highest BCUT2D eigenvalue weighted by Crippen LogP contribution is 2.24. The molecule has 0 saturated heterocycles. The van der Waals surface area contributed by atoms with Crippen molar-refractivity contribution in [3.8, 4) is 17.4 Å². The van der Waals surface area contributed by atoms with Crippen LogP contribution in [-0.4, -0.2) is 23.1 Å². The van der Waals surface area contributed by atoms with Gasteiger partial charge < -0.3 is 14.8 Å². The van der Waals surface area contributed by atoms with Gasteiger partial charge in [0.05, 0.1) is 6.61 Å². The molecule has 5 nitrogen and oxygen atoms in total. The minimum Gasteiger partial charge on any atom is -0.494 e. The fourth-order valence-electron chi connectivity index (χ4n) is 1.85. The van der Waals surface area contributed by atoms with Gasteiger partial charge in [-0.3, -0.25) is 0 Å². The Hall–Kier alpha value is -2.30. The van der Waals surface area contributed by atoms with E-state index in [4.69, 9.17) is 9.47 Å². The van der Waals surface area contributed by atoms with Crippen molar-refractivity contribution in [1.82, 2.24) is 9.97 Å². The highest BCUT2D eigenvalue weighted by molar-refractivity contribution is 5.40. The van der Waals surface area contributed by atoms with Crippen molar-refractivity contribution in [2.24, 2.45) is 0 Å². The summed E-state index contributed by atoms with van der Waals surface area (Å²) in [4.78, 5) is 8.78. The van der Waals surface area contributed by atoms with Crippen LogP contribution < -0.4 is 14.8 Å². The molecule has 0 aliphatic rings. The molecule has 0 spiro atoms. The Balaban J connectivity index is 2.15. The molecule has 0 amide bonds. The lowest BCUT2D eigenvalue weighted by atomic mass is 10.3. The van der Waals surface area contributed by atoms with Crippen molar-refractivity contribution in [2.45, 2.75) is 27.2 Å². The number of aromatic nitrogens is 2. The van der Waals surface area contributed by atoms with Crippen LogP contribution >= 0.6 is 0 Å². The van der Waals surface area contributed by atoms with Crippen LogP contribution in [0.1, 0.15) is 26.6 Å². The fraction of sp³-hybridized carbons (Fsp3) is 0.375. The summed E-state index contributed by atoms with van der Waals surface area (Å²) in [6, 6.07) is 9.30. The predicted octanol–water partition coefficient (Wildman–Crippen LogP) is 3.66. The molecule has 2 rings (SSSR count). The van der Waals surface area contributed by atoms with Crippen LogP contribution in [0.3, 0.4) is 0 Å². The molecule has 0 saturated carbocycles. The van der Waals surface area contributed by atoms with Gasteiger partial charge in [-0.1, -0.05) is 6.92 Å². The minimum atomic E-state index is 0.543. The fourth-order valence-corrected chi connectivity index (χ4v) is 1.85. The zero-order valence-corrected chi connectivity index (χ0v) is 12.7. The van der Waals surface area contributed by atoms with Crippen molar-refractivity contribution in [1.29, 1.82) is 0 Å². The highest BCUT2D eigenvalue weighted by Gasteiger charge is 2.05. The van der Waals surface area contributed by atoms with E-state index in [1.165, 1.54) is 0 Å². The average molecular weight is 287 g/mol. The lowest BCUT2D eigenvalue weighted by molar-refractivity contribution is 0.339. The minimum absolute atomic E-state index is 0.543. The summed E-state index contributed by atoms with van der Waals surface area (Å²) in [7, 11) is 0. The summed E-state index contributed by atoms with van der Waals surface area (Å²) in [6.07, 6.45) is 0.763. The molecule has 21 heavy (non-hydrogen) atoms. The predicted molar refractivity (Wildman–Crippen MR) is 83.3 cm³/mol. The number of hydrogen-bond acceptors (Lipinski definition) is 5. The van der Waals surface area contributed by atoms with E-state index in [0.717, 1.165) is 36.1 Å². The molecule has 1 aromatic carbocycles. The number of aryl methyl sites for hydroxylation is 1. The van der Waals surface area contributed by atoms with Crippen molar-refractivity contribution in [3.63, 3.8) is 0 Å². The van der Waals surface area contributed by atoms with Gasteiger partial charge in [0.1, 0.15) is 23.1 Å². The number of hydrogen-bond donors (Lipinski definition) is 1. The average Bonchev–Trinajstić information content (AvgIpc) is 2.49. The first-order chi connectivity index (χ1) is 10.2. The lowest BCUT2D eigenvalue weighted by Crippen LogP contribution is -2.04. The van der Waals surface area contributed by atoms with Crippen LogP contribution in [0, 0.1) is 0 Å². The number of ether oxygens (including phenoxy) is 2. The third-order valence-electron chi connectivity index (χ3n) is 2.78. The van der Waals surface area contributed by atoms with Gasteiger partial charge in [-0.05, 0) is 38.1 Å². The summed E-state index contributed by atoms with van der Waals surface area (Å²) >= 11 is 0. The van der Waals surface area contributed by atoms with E-state index in [-0.39, 0.29) is 0 Å². The molecule has 0 radical (unpaired) electrons. The summed E-state index contributed by atoms with van der Waals surface area (Å²) in [6.45, 7) is 7.47. The molecule has 0 aliphatic carbocycles. The zero-order chi connectivity index (χ0) is 15.1. The van der Waals surface area contributed by atoms with Gasteiger partial charge in [-0.2, -0.15) is 4.98 Å². The van der Waals surface area contributed by atoms with Gasteiger partial charge in [-0.25, -0.2) is 4.98 Å². The normalized spacial score (nSPS) is 10.2. The Morgan fingerprint density at radius 1 is 1.00 bits per heavy atom. The first-order valence-electron chi connectivity index (χ1n) is 7.27. The quantitative estimate of drug-likeness (QED) is 0.842. The van der Waals surface area contributed by atoms with E-state index < -0.39 is 0 Å².